The van der Waals surface area contributed by atoms with Crippen LogP contribution in [-0.4, -0.2) is 67.8 Å². The van der Waals surface area contributed by atoms with Gasteiger partial charge in [0, 0.05) is 47.8 Å². The van der Waals surface area contributed by atoms with Gasteiger partial charge in [0.15, 0.2) is 0 Å². The van der Waals surface area contributed by atoms with Crippen LogP contribution in [0.1, 0.15) is 6.42 Å². The van der Waals surface area contributed by atoms with Gasteiger partial charge in [0.2, 0.25) is 21.8 Å². The van der Waals surface area contributed by atoms with Gasteiger partial charge in [0.1, 0.15) is 5.52 Å². The minimum atomic E-state index is -3.65. The van der Waals surface area contributed by atoms with Gasteiger partial charge in [-0.25, -0.2) is 18.1 Å². The molecule has 0 radical (unpaired) electrons. The molecule has 1 saturated heterocycles. The number of sulfonamides is 1. The summed E-state index contributed by atoms with van der Waals surface area (Å²) in [6.07, 6.45) is 2.80. The quantitative estimate of drug-likeness (QED) is 0.395. The number of halogens is 1. The van der Waals surface area contributed by atoms with Gasteiger partial charge in [0.25, 0.3) is 0 Å². The molecule has 0 spiro atoms. The summed E-state index contributed by atoms with van der Waals surface area (Å²) in [5, 5.41) is 3.13. The molecule has 1 aromatic carbocycles. The summed E-state index contributed by atoms with van der Waals surface area (Å²) >= 11 is 3.17. The maximum absolute atomic E-state index is 12.7. The number of amides is 1. The highest BCUT2D eigenvalue weighted by Crippen LogP contribution is 2.34. The highest BCUT2D eigenvalue weighted by molar-refractivity contribution is 8.00. The largest absolute Gasteiger partial charge is 0.481 e. The number of anilines is 2. The topological polar surface area (TPSA) is 114 Å². The Morgan fingerprint density at radius 3 is 2.97 bits per heavy atom. The molecule has 2 aliphatic rings. The lowest BCUT2D eigenvalue weighted by molar-refractivity contribution is -0.113. The Labute approximate surface area is 224 Å². The van der Waals surface area contributed by atoms with Crippen molar-refractivity contribution in [3.63, 3.8) is 0 Å². The van der Waals surface area contributed by atoms with Crippen molar-refractivity contribution in [1.29, 1.82) is 0 Å². The zero-order valence-electron chi connectivity index (χ0n) is 19.5. The Bertz CT molecular complexity index is 1380. The fourth-order valence-electron chi connectivity index (χ4n) is 4.16. The number of benzene rings is 1. The van der Waals surface area contributed by atoms with Gasteiger partial charge in [-0.3, -0.25) is 9.78 Å². The van der Waals surface area contributed by atoms with Crippen LogP contribution in [0.2, 0.25) is 0 Å². The molecule has 2 N–H and O–H groups in total. The van der Waals surface area contributed by atoms with E-state index in [1.807, 2.05) is 18.2 Å². The first-order valence-corrected chi connectivity index (χ1v) is 14.7. The molecule has 192 valence electrons. The number of pyridine rings is 2. The zero-order chi connectivity index (χ0) is 24.4. The van der Waals surface area contributed by atoms with Gasteiger partial charge >= 0.3 is 0 Å². The summed E-state index contributed by atoms with van der Waals surface area (Å²) < 4.78 is 33.4. The summed E-state index contributed by atoms with van der Waals surface area (Å²) in [5.41, 5.74) is 3.24. The van der Waals surface area contributed by atoms with Crippen LogP contribution in [0, 0.1) is 0 Å². The number of hydrogen-bond donors (Lipinski definition) is 2. The van der Waals surface area contributed by atoms with Crippen LogP contribution >= 0.6 is 35.9 Å². The Balaban J connectivity index is 0.00000304. The SMILES string of the molecule is COc1ccc2nccc(N3CCC(SCCNS(=O)(=O)c4ccc5c(c4)NC(=O)CS5)C3)c2n1.Cl. The summed E-state index contributed by atoms with van der Waals surface area (Å²) in [5.74, 6) is 1.44. The Hall–Kier alpha value is -2.25. The van der Waals surface area contributed by atoms with Crippen LogP contribution in [-0.2, 0) is 14.8 Å². The molecule has 5 rings (SSSR count). The van der Waals surface area contributed by atoms with Gasteiger partial charge in [-0.1, -0.05) is 0 Å². The molecule has 0 aliphatic carbocycles. The van der Waals surface area contributed by atoms with Gasteiger partial charge in [-0.15, -0.1) is 24.2 Å². The molecule has 1 unspecified atom stereocenters. The number of ether oxygens (including phenoxy) is 1. The lowest BCUT2D eigenvalue weighted by Gasteiger charge is -2.20. The number of nitrogens with one attached hydrogen (secondary N) is 2. The molecule has 3 aromatic rings. The number of hydrogen-bond acceptors (Lipinski definition) is 9. The minimum absolute atomic E-state index is 0. The number of carbonyl (C=O) groups is 1. The van der Waals surface area contributed by atoms with Crippen LogP contribution in [0.25, 0.3) is 11.0 Å². The van der Waals surface area contributed by atoms with E-state index < -0.39 is 10.0 Å². The molecule has 36 heavy (non-hydrogen) atoms. The van der Waals surface area contributed by atoms with Crippen molar-refractivity contribution in [1.82, 2.24) is 14.7 Å². The van der Waals surface area contributed by atoms with Crippen LogP contribution in [0.15, 0.2) is 52.4 Å². The van der Waals surface area contributed by atoms with Crippen molar-refractivity contribution in [3.05, 3.63) is 42.6 Å². The maximum Gasteiger partial charge on any atom is 0.240 e. The first kappa shape index (κ1) is 26.8. The van der Waals surface area contributed by atoms with Crippen molar-refractivity contribution < 1.29 is 17.9 Å². The highest BCUT2D eigenvalue weighted by atomic mass is 35.5. The van der Waals surface area contributed by atoms with E-state index in [0.717, 1.165) is 41.1 Å². The lowest BCUT2D eigenvalue weighted by atomic mass is 10.2. The number of rotatable bonds is 8. The predicted octanol–water partition coefficient (Wildman–Crippen LogP) is 3.39. The smallest absolute Gasteiger partial charge is 0.240 e. The molecule has 13 heteroatoms. The van der Waals surface area contributed by atoms with Gasteiger partial charge in [-0.2, -0.15) is 11.8 Å². The van der Waals surface area contributed by atoms with Crippen molar-refractivity contribution in [2.24, 2.45) is 0 Å². The van der Waals surface area contributed by atoms with E-state index >= 15 is 0 Å². The van der Waals surface area contributed by atoms with E-state index in [1.165, 1.54) is 17.8 Å². The van der Waals surface area contributed by atoms with Crippen molar-refractivity contribution in [2.45, 2.75) is 21.5 Å². The monoisotopic (exact) mass is 567 g/mol. The standard InChI is InChI=1S/C23H25N5O4S3.ClH/c1-32-22-5-3-17-23(27-22)19(6-8-24-17)28-10-7-15(13-28)33-11-9-25-35(30,31)16-2-4-20-18(12-16)26-21(29)14-34-20;/h2-6,8,12,15,25H,7,9-11,13-14H2,1H3,(H,26,29);1H. The molecule has 2 aromatic heterocycles. The third-order valence-corrected chi connectivity index (χ3v) is 9.70. The van der Waals surface area contributed by atoms with Crippen molar-refractivity contribution in [3.8, 4) is 5.88 Å². The molecule has 0 bridgehead atoms. The van der Waals surface area contributed by atoms with E-state index in [4.69, 9.17) is 4.74 Å². The fraction of sp³-hybridized carbons (Fsp3) is 0.348. The van der Waals surface area contributed by atoms with Gasteiger partial charge < -0.3 is 15.0 Å². The van der Waals surface area contributed by atoms with E-state index in [1.54, 1.807) is 37.2 Å². The Kier molecular flexibility index (Phi) is 8.51. The second kappa shape index (κ2) is 11.4. The third-order valence-electron chi connectivity index (χ3n) is 5.87. The maximum atomic E-state index is 12.7. The number of nitrogens with zero attached hydrogens (tertiary/aromatic N) is 3. The Morgan fingerprint density at radius 2 is 2.14 bits per heavy atom. The van der Waals surface area contributed by atoms with Crippen LogP contribution < -0.4 is 19.7 Å². The molecule has 4 heterocycles. The average molecular weight is 568 g/mol. The molecule has 1 amide bonds. The van der Waals surface area contributed by atoms with Crippen molar-refractivity contribution >= 4 is 74.3 Å². The van der Waals surface area contributed by atoms with Crippen LogP contribution in [0.5, 0.6) is 5.88 Å². The van der Waals surface area contributed by atoms with E-state index in [2.05, 4.69) is 24.9 Å². The first-order valence-electron chi connectivity index (χ1n) is 11.2. The minimum Gasteiger partial charge on any atom is -0.481 e. The molecule has 1 atom stereocenters. The predicted molar refractivity (Wildman–Crippen MR) is 147 cm³/mol. The van der Waals surface area contributed by atoms with Gasteiger partial charge in [0.05, 0.1) is 34.6 Å². The molecule has 2 aliphatic heterocycles. The second-order valence-corrected chi connectivity index (χ2v) is 12.4. The van der Waals surface area contributed by atoms with E-state index in [-0.39, 0.29) is 23.2 Å². The molecular formula is C23H26ClN5O4S3. The zero-order valence-corrected chi connectivity index (χ0v) is 22.7. The van der Waals surface area contributed by atoms with Gasteiger partial charge in [-0.05, 0) is 36.8 Å². The van der Waals surface area contributed by atoms with Crippen LogP contribution in [0.3, 0.4) is 0 Å². The normalized spacial score (nSPS) is 17.4. The lowest BCUT2D eigenvalue weighted by Crippen LogP contribution is -2.27. The number of carbonyl (C=O) groups excluding carboxylic acids is 1. The average Bonchev–Trinajstić information content (AvgIpc) is 3.34. The number of aromatic nitrogens is 2. The van der Waals surface area contributed by atoms with Crippen LogP contribution in [0.4, 0.5) is 11.4 Å². The fourth-order valence-corrected chi connectivity index (χ4v) is 7.25. The van der Waals surface area contributed by atoms with Crippen molar-refractivity contribution in [2.75, 3.05) is 48.5 Å². The van der Waals surface area contributed by atoms with E-state index in [9.17, 15) is 13.2 Å². The third kappa shape index (κ3) is 5.83. The first-order chi connectivity index (χ1) is 16.9. The molecule has 0 saturated carbocycles. The number of fused-ring (bicyclic) bond motifs is 2. The summed E-state index contributed by atoms with van der Waals surface area (Å²) in [6, 6.07) is 10.5. The molecule has 9 nitrogen and oxygen atoms in total. The number of thioether (sulfide) groups is 2. The summed E-state index contributed by atoms with van der Waals surface area (Å²) in [4.78, 5) is 23.9. The highest BCUT2D eigenvalue weighted by Gasteiger charge is 2.25. The summed E-state index contributed by atoms with van der Waals surface area (Å²) in [7, 11) is -2.05. The molecule has 1 fully saturated rings. The molecular weight excluding hydrogens is 542 g/mol. The summed E-state index contributed by atoms with van der Waals surface area (Å²) in [6.45, 7) is 2.09. The second-order valence-electron chi connectivity index (χ2n) is 8.17. The Morgan fingerprint density at radius 1 is 1.28 bits per heavy atom. The number of methoxy groups -OCH3 is 1. The van der Waals surface area contributed by atoms with E-state index in [0.29, 0.717) is 34.9 Å².